The summed E-state index contributed by atoms with van der Waals surface area (Å²) < 4.78 is 5.20. The minimum Gasteiger partial charge on any atom is -0.497 e. The Morgan fingerprint density at radius 1 is 0.794 bits per heavy atom. The Morgan fingerprint density at radius 2 is 1.35 bits per heavy atom. The molecule has 2 atom stereocenters. The van der Waals surface area contributed by atoms with E-state index in [0.29, 0.717) is 19.4 Å². The summed E-state index contributed by atoms with van der Waals surface area (Å²) >= 11 is 0. The van der Waals surface area contributed by atoms with Crippen LogP contribution in [0.3, 0.4) is 0 Å². The van der Waals surface area contributed by atoms with Gasteiger partial charge in [0.15, 0.2) is 0 Å². The minimum atomic E-state index is -0.688. The highest BCUT2D eigenvalue weighted by Crippen LogP contribution is 2.25. The van der Waals surface area contributed by atoms with Crippen molar-refractivity contribution in [2.24, 2.45) is 5.73 Å². The van der Waals surface area contributed by atoms with Gasteiger partial charge in [-0.3, -0.25) is 9.59 Å². The van der Waals surface area contributed by atoms with Gasteiger partial charge < -0.3 is 21.1 Å². The minimum absolute atomic E-state index is 0.216. The van der Waals surface area contributed by atoms with Crippen molar-refractivity contribution >= 4 is 11.8 Å². The Kier molecular flexibility index (Phi) is 9.23. The zero-order chi connectivity index (χ0) is 24.3. The lowest BCUT2D eigenvalue weighted by atomic mass is 9.90. The van der Waals surface area contributed by atoms with Crippen LogP contribution in [0.4, 0.5) is 0 Å². The van der Waals surface area contributed by atoms with Crippen LogP contribution in [0.2, 0.25) is 0 Å². The fourth-order valence-corrected chi connectivity index (χ4v) is 3.92. The van der Waals surface area contributed by atoms with Crippen molar-refractivity contribution in [2.45, 2.75) is 37.8 Å². The van der Waals surface area contributed by atoms with E-state index in [9.17, 15) is 9.59 Å². The lowest BCUT2D eigenvalue weighted by molar-refractivity contribution is -0.129. The molecule has 3 aromatic rings. The van der Waals surface area contributed by atoms with Gasteiger partial charge in [-0.05, 0) is 55.1 Å². The van der Waals surface area contributed by atoms with E-state index in [1.165, 1.54) is 0 Å². The molecule has 6 heteroatoms. The first-order chi connectivity index (χ1) is 16.5. The SMILES string of the molecule is COc1ccc([C@@H](C)NC(=O)[C@@H](CCCN)NC(=O)C(c2ccccc2)c2ccccc2)cc1. The van der Waals surface area contributed by atoms with Crippen molar-refractivity contribution in [3.63, 3.8) is 0 Å². The number of benzene rings is 3. The third kappa shape index (κ3) is 6.68. The molecule has 0 aliphatic heterocycles. The van der Waals surface area contributed by atoms with E-state index in [2.05, 4.69) is 10.6 Å². The summed E-state index contributed by atoms with van der Waals surface area (Å²) in [6.45, 7) is 2.35. The fraction of sp³-hybridized carbons (Fsp3) is 0.286. The van der Waals surface area contributed by atoms with Crippen LogP contribution < -0.4 is 21.1 Å². The number of nitrogens with two attached hydrogens (primary N) is 1. The lowest BCUT2D eigenvalue weighted by Gasteiger charge is -2.25. The Balaban J connectivity index is 1.77. The first kappa shape index (κ1) is 25.0. The largest absolute Gasteiger partial charge is 0.497 e. The first-order valence-electron chi connectivity index (χ1n) is 11.6. The van der Waals surface area contributed by atoms with E-state index in [-0.39, 0.29) is 17.9 Å². The van der Waals surface area contributed by atoms with Gasteiger partial charge in [-0.1, -0.05) is 72.8 Å². The van der Waals surface area contributed by atoms with Crippen LogP contribution in [0.15, 0.2) is 84.9 Å². The standard InChI is InChI=1S/C28H33N3O3/c1-20(21-15-17-24(34-2)18-16-21)30-27(32)25(14-9-19-29)31-28(33)26(22-10-5-3-6-11-22)23-12-7-4-8-13-23/h3-8,10-13,15-18,20,25-26H,9,14,19,29H2,1-2H3,(H,30,32)(H,31,33)/t20-,25-/m1/s1. The summed E-state index contributed by atoms with van der Waals surface area (Å²) in [6, 6.07) is 25.8. The Labute approximate surface area is 201 Å². The molecule has 34 heavy (non-hydrogen) atoms. The molecule has 178 valence electrons. The topological polar surface area (TPSA) is 93.4 Å². The number of carbonyl (C=O) groups is 2. The molecular formula is C28H33N3O3. The highest BCUT2D eigenvalue weighted by atomic mass is 16.5. The predicted octanol–water partition coefficient (Wildman–Crippen LogP) is 3.93. The highest BCUT2D eigenvalue weighted by molar-refractivity contribution is 5.92. The number of hydrogen-bond donors (Lipinski definition) is 3. The monoisotopic (exact) mass is 459 g/mol. The van der Waals surface area contributed by atoms with Crippen LogP contribution in [0, 0.1) is 0 Å². The number of rotatable bonds is 11. The third-order valence-corrected chi connectivity index (χ3v) is 5.83. The second-order valence-electron chi connectivity index (χ2n) is 8.25. The average Bonchev–Trinajstić information content (AvgIpc) is 2.88. The zero-order valence-corrected chi connectivity index (χ0v) is 19.7. The highest BCUT2D eigenvalue weighted by Gasteiger charge is 2.28. The van der Waals surface area contributed by atoms with Gasteiger partial charge in [0.1, 0.15) is 11.8 Å². The van der Waals surface area contributed by atoms with Crippen molar-refractivity contribution in [2.75, 3.05) is 13.7 Å². The Hall–Kier alpha value is -3.64. The molecule has 0 spiro atoms. The third-order valence-electron chi connectivity index (χ3n) is 5.83. The molecule has 4 N–H and O–H groups in total. The molecular weight excluding hydrogens is 426 g/mol. The van der Waals surface area contributed by atoms with Crippen LogP contribution in [-0.2, 0) is 9.59 Å². The van der Waals surface area contributed by atoms with Gasteiger partial charge in [-0.2, -0.15) is 0 Å². The first-order valence-corrected chi connectivity index (χ1v) is 11.6. The molecule has 0 radical (unpaired) electrons. The molecule has 0 saturated carbocycles. The van der Waals surface area contributed by atoms with Gasteiger partial charge in [0.2, 0.25) is 11.8 Å². The summed E-state index contributed by atoms with van der Waals surface area (Å²) in [5, 5.41) is 6.03. The number of hydrogen-bond acceptors (Lipinski definition) is 4. The number of methoxy groups -OCH3 is 1. The van der Waals surface area contributed by atoms with E-state index < -0.39 is 12.0 Å². The van der Waals surface area contributed by atoms with Crippen molar-refractivity contribution in [1.82, 2.24) is 10.6 Å². The molecule has 6 nitrogen and oxygen atoms in total. The van der Waals surface area contributed by atoms with Gasteiger partial charge in [0.25, 0.3) is 0 Å². The molecule has 3 aromatic carbocycles. The summed E-state index contributed by atoms with van der Waals surface area (Å²) in [5.41, 5.74) is 8.40. The lowest BCUT2D eigenvalue weighted by Crippen LogP contribution is -2.48. The maximum Gasteiger partial charge on any atom is 0.243 e. The summed E-state index contributed by atoms with van der Waals surface area (Å²) in [6.07, 6.45) is 1.08. The van der Waals surface area contributed by atoms with Crippen LogP contribution in [0.5, 0.6) is 5.75 Å². The van der Waals surface area contributed by atoms with Crippen LogP contribution in [-0.4, -0.2) is 31.5 Å². The Bertz CT molecular complexity index is 1000. The second-order valence-corrected chi connectivity index (χ2v) is 8.25. The normalized spacial score (nSPS) is 12.6. The van der Waals surface area contributed by atoms with E-state index in [4.69, 9.17) is 10.5 Å². The van der Waals surface area contributed by atoms with Gasteiger partial charge in [0, 0.05) is 0 Å². The Morgan fingerprint density at radius 3 is 1.85 bits per heavy atom. The molecule has 0 saturated heterocycles. The van der Waals surface area contributed by atoms with Gasteiger partial charge in [-0.25, -0.2) is 0 Å². The quantitative estimate of drug-likeness (QED) is 0.405. The summed E-state index contributed by atoms with van der Waals surface area (Å²) in [4.78, 5) is 26.7. The van der Waals surface area contributed by atoms with E-state index in [1.54, 1.807) is 7.11 Å². The molecule has 0 heterocycles. The number of carbonyl (C=O) groups excluding carboxylic acids is 2. The molecule has 0 fully saturated rings. The maximum absolute atomic E-state index is 13.5. The molecule has 3 rings (SSSR count). The number of ether oxygens (including phenoxy) is 1. The van der Waals surface area contributed by atoms with Gasteiger partial charge in [0.05, 0.1) is 19.1 Å². The van der Waals surface area contributed by atoms with E-state index in [0.717, 1.165) is 22.4 Å². The molecule has 0 aliphatic carbocycles. The molecule has 0 aromatic heterocycles. The average molecular weight is 460 g/mol. The summed E-state index contributed by atoms with van der Waals surface area (Å²) in [5.74, 6) is -0.213. The maximum atomic E-state index is 13.5. The van der Waals surface area contributed by atoms with Crippen molar-refractivity contribution in [1.29, 1.82) is 0 Å². The van der Waals surface area contributed by atoms with Gasteiger partial charge in [-0.15, -0.1) is 0 Å². The van der Waals surface area contributed by atoms with E-state index >= 15 is 0 Å². The molecule has 0 aliphatic rings. The van der Waals surface area contributed by atoms with Crippen LogP contribution in [0.1, 0.15) is 48.4 Å². The van der Waals surface area contributed by atoms with Crippen LogP contribution >= 0.6 is 0 Å². The summed E-state index contributed by atoms with van der Waals surface area (Å²) in [7, 11) is 1.61. The fourth-order valence-electron chi connectivity index (χ4n) is 3.92. The van der Waals surface area contributed by atoms with Crippen molar-refractivity contribution in [3.8, 4) is 5.75 Å². The van der Waals surface area contributed by atoms with Crippen LogP contribution in [0.25, 0.3) is 0 Å². The molecule has 2 amide bonds. The van der Waals surface area contributed by atoms with E-state index in [1.807, 2.05) is 91.9 Å². The second kappa shape index (κ2) is 12.6. The number of amides is 2. The number of nitrogens with one attached hydrogen (secondary N) is 2. The zero-order valence-electron chi connectivity index (χ0n) is 19.7. The smallest absolute Gasteiger partial charge is 0.243 e. The predicted molar refractivity (Wildman–Crippen MR) is 134 cm³/mol. The van der Waals surface area contributed by atoms with Crippen molar-refractivity contribution in [3.05, 3.63) is 102 Å². The van der Waals surface area contributed by atoms with Gasteiger partial charge >= 0.3 is 0 Å². The van der Waals surface area contributed by atoms with Crippen molar-refractivity contribution < 1.29 is 14.3 Å². The molecule has 0 unspecified atom stereocenters. The molecule has 0 bridgehead atoms.